The van der Waals surface area contributed by atoms with Gasteiger partial charge in [-0.15, -0.1) is 0 Å². The molecule has 2 rings (SSSR count). The first-order valence-corrected chi connectivity index (χ1v) is 9.70. The SMILES string of the molecule is COc1ccc(S(=O)(=O)NCc2cc(OC)c(OC)c(OC)c2)c(C)c1C. The highest BCUT2D eigenvalue weighted by molar-refractivity contribution is 7.89. The van der Waals surface area contributed by atoms with Crippen molar-refractivity contribution in [2.75, 3.05) is 28.4 Å². The number of benzene rings is 2. The van der Waals surface area contributed by atoms with Crippen LogP contribution in [-0.2, 0) is 16.6 Å². The average Bonchev–Trinajstić information content (AvgIpc) is 2.67. The van der Waals surface area contributed by atoms with Crippen molar-refractivity contribution in [1.82, 2.24) is 4.72 Å². The Morgan fingerprint density at radius 1 is 0.815 bits per heavy atom. The summed E-state index contributed by atoms with van der Waals surface area (Å²) in [4.78, 5) is 0.216. The summed E-state index contributed by atoms with van der Waals surface area (Å²) in [5.41, 5.74) is 2.11. The van der Waals surface area contributed by atoms with Crippen molar-refractivity contribution in [2.45, 2.75) is 25.3 Å². The Labute approximate surface area is 160 Å². The molecule has 0 bridgehead atoms. The zero-order valence-electron chi connectivity index (χ0n) is 16.4. The van der Waals surface area contributed by atoms with Gasteiger partial charge in [-0.2, -0.15) is 0 Å². The van der Waals surface area contributed by atoms with Gasteiger partial charge >= 0.3 is 0 Å². The number of rotatable bonds is 8. The summed E-state index contributed by atoms with van der Waals surface area (Å²) in [6, 6.07) is 6.60. The summed E-state index contributed by atoms with van der Waals surface area (Å²) in [6.07, 6.45) is 0. The molecule has 2 aromatic carbocycles. The number of ether oxygens (including phenoxy) is 4. The molecule has 0 aliphatic carbocycles. The fourth-order valence-electron chi connectivity index (χ4n) is 2.78. The van der Waals surface area contributed by atoms with Gasteiger partial charge in [0.2, 0.25) is 15.8 Å². The second-order valence-corrected chi connectivity index (χ2v) is 7.61. The molecule has 0 unspecified atom stereocenters. The molecule has 0 saturated carbocycles. The Morgan fingerprint density at radius 3 is 1.85 bits per heavy atom. The van der Waals surface area contributed by atoms with Gasteiger partial charge in [-0.25, -0.2) is 13.1 Å². The molecule has 0 aromatic heterocycles. The number of hydrogen-bond acceptors (Lipinski definition) is 6. The Balaban J connectivity index is 2.32. The average molecular weight is 395 g/mol. The molecular formula is C19H25NO6S. The van der Waals surface area contributed by atoms with E-state index in [0.29, 0.717) is 34.1 Å². The van der Waals surface area contributed by atoms with Crippen molar-refractivity contribution in [3.63, 3.8) is 0 Å². The van der Waals surface area contributed by atoms with Gasteiger partial charge < -0.3 is 18.9 Å². The van der Waals surface area contributed by atoms with Crippen LogP contribution in [0.3, 0.4) is 0 Å². The highest BCUT2D eigenvalue weighted by Crippen LogP contribution is 2.38. The molecule has 0 radical (unpaired) electrons. The first-order chi connectivity index (χ1) is 12.8. The lowest BCUT2D eigenvalue weighted by molar-refractivity contribution is 0.323. The lowest BCUT2D eigenvalue weighted by Crippen LogP contribution is -2.24. The van der Waals surface area contributed by atoms with E-state index in [-0.39, 0.29) is 11.4 Å². The van der Waals surface area contributed by atoms with Gasteiger partial charge in [0.25, 0.3) is 0 Å². The third-order valence-electron chi connectivity index (χ3n) is 4.39. The fourth-order valence-corrected chi connectivity index (χ4v) is 4.09. The normalized spacial score (nSPS) is 11.2. The van der Waals surface area contributed by atoms with Crippen LogP contribution in [0.1, 0.15) is 16.7 Å². The molecular weight excluding hydrogens is 370 g/mol. The van der Waals surface area contributed by atoms with Gasteiger partial charge in [-0.1, -0.05) is 0 Å². The summed E-state index contributed by atoms with van der Waals surface area (Å²) < 4.78 is 49.3. The van der Waals surface area contributed by atoms with Crippen LogP contribution in [-0.4, -0.2) is 36.9 Å². The van der Waals surface area contributed by atoms with Gasteiger partial charge in [0.15, 0.2) is 11.5 Å². The molecule has 1 N–H and O–H groups in total. The van der Waals surface area contributed by atoms with Gasteiger partial charge in [0.1, 0.15) is 5.75 Å². The molecule has 0 amide bonds. The zero-order valence-corrected chi connectivity index (χ0v) is 17.2. The Kier molecular flexibility index (Phi) is 6.56. The van der Waals surface area contributed by atoms with Crippen LogP contribution in [0.2, 0.25) is 0 Å². The molecule has 148 valence electrons. The predicted molar refractivity (Wildman–Crippen MR) is 103 cm³/mol. The topological polar surface area (TPSA) is 83.1 Å². The van der Waals surface area contributed by atoms with Crippen molar-refractivity contribution < 1.29 is 27.4 Å². The minimum Gasteiger partial charge on any atom is -0.496 e. The summed E-state index contributed by atoms with van der Waals surface area (Å²) >= 11 is 0. The number of nitrogens with one attached hydrogen (secondary N) is 1. The minimum atomic E-state index is -3.71. The molecule has 8 heteroatoms. The molecule has 0 spiro atoms. The largest absolute Gasteiger partial charge is 0.496 e. The number of sulfonamides is 1. The highest BCUT2D eigenvalue weighted by Gasteiger charge is 2.20. The van der Waals surface area contributed by atoms with Gasteiger partial charge in [-0.3, -0.25) is 0 Å². The maximum atomic E-state index is 12.8. The van der Waals surface area contributed by atoms with E-state index in [2.05, 4.69) is 4.72 Å². The van der Waals surface area contributed by atoms with Crippen molar-refractivity contribution >= 4 is 10.0 Å². The summed E-state index contributed by atoms with van der Waals surface area (Å²) in [5, 5.41) is 0. The van der Waals surface area contributed by atoms with Crippen LogP contribution in [0, 0.1) is 13.8 Å². The molecule has 7 nitrogen and oxygen atoms in total. The zero-order chi connectivity index (χ0) is 20.2. The first kappa shape index (κ1) is 20.9. The monoisotopic (exact) mass is 395 g/mol. The summed E-state index contributed by atoms with van der Waals surface area (Å²) in [7, 11) is 2.37. The molecule has 0 aliphatic rings. The predicted octanol–water partition coefficient (Wildman–Crippen LogP) is 2.82. The number of methoxy groups -OCH3 is 4. The molecule has 27 heavy (non-hydrogen) atoms. The van der Waals surface area contributed by atoms with Crippen LogP contribution in [0.5, 0.6) is 23.0 Å². The lowest BCUT2D eigenvalue weighted by atomic mass is 10.1. The summed E-state index contributed by atoms with van der Waals surface area (Å²) in [6.45, 7) is 3.65. The van der Waals surface area contributed by atoms with Crippen molar-refractivity contribution in [2.24, 2.45) is 0 Å². The van der Waals surface area contributed by atoms with Crippen LogP contribution in [0.15, 0.2) is 29.2 Å². The second-order valence-electron chi connectivity index (χ2n) is 5.87. The van der Waals surface area contributed by atoms with E-state index in [1.54, 1.807) is 38.3 Å². The van der Waals surface area contributed by atoms with Crippen LogP contribution < -0.4 is 23.7 Å². The van der Waals surface area contributed by atoms with E-state index in [0.717, 1.165) is 5.56 Å². The molecule has 0 aliphatic heterocycles. The van der Waals surface area contributed by atoms with Crippen LogP contribution in [0.4, 0.5) is 0 Å². The standard InChI is InChI=1S/C19H25NO6S/c1-12-13(2)18(8-7-15(12)23-3)27(21,22)20-11-14-9-16(24-4)19(26-6)17(10-14)25-5/h7-10,20H,11H2,1-6H3. The third-order valence-corrected chi connectivity index (χ3v) is 5.93. The quantitative estimate of drug-likeness (QED) is 0.740. The lowest BCUT2D eigenvalue weighted by Gasteiger charge is -2.16. The van der Waals surface area contributed by atoms with Gasteiger partial charge in [-0.05, 0) is 54.8 Å². The van der Waals surface area contributed by atoms with Gasteiger partial charge in [0, 0.05) is 6.54 Å². The first-order valence-electron chi connectivity index (χ1n) is 8.21. The Hall–Kier alpha value is -2.45. The fraction of sp³-hybridized carbons (Fsp3) is 0.368. The van der Waals surface area contributed by atoms with Crippen molar-refractivity contribution in [3.8, 4) is 23.0 Å². The maximum absolute atomic E-state index is 12.8. The van der Waals surface area contributed by atoms with Crippen LogP contribution >= 0.6 is 0 Å². The second kappa shape index (κ2) is 8.49. The number of hydrogen-bond donors (Lipinski definition) is 1. The maximum Gasteiger partial charge on any atom is 0.241 e. The van der Waals surface area contributed by atoms with Crippen molar-refractivity contribution in [1.29, 1.82) is 0 Å². The molecule has 2 aromatic rings. The molecule has 0 fully saturated rings. The highest BCUT2D eigenvalue weighted by atomic mass is 32.2. The third kappa shape index (κ3) is 4.28. The Bertz CT molecular complexity index is 899. The summed E-state index contributed by atoms with van der Waals surface area (Å²) in [5.74, 6) is 2.02. The van der Waals surface area contributed by atoms with E-state index in [1.807, 2.05) is 6.92 Å². The Morgan fingerprint density at radius 2 is 1.37 bits per heavy atom. The molecule has 0 saturated heterocycles. The van der Waals surface area contributed by atoms with Gasteiger partial charge in [0.05, 0.1) is 33.3 Å². The van der Waals surface area contributed by atoms with E-state index in [1.165, 1.54) is 21.3 Å². The van der Waals surface area contributed by atoms with E-state index >= 15 is 0 Å². The van der Waals surface area contributed by atoms with Crippen molar-refractivity contribution in [3.05, 3.63) is 41.0 Å². The molecule has 0 heterocycles. The van der Waals surface area contributed by atoms with E-state index in [9.17, 15) is 8.42 Å². The smallest absolute Gasteiger partial charge is 0.241 e. The van der Waals surface area contributed by atoms with E-state index in [4.69, 9.17) is 18.9 Å². The van der Waals surface area contributed by atoms with Crippen LogP contribution in [0.25, 0.3) is 0 Å². The minimum absolute atomic E-state index is 0.0730. The van der Waals surface area contributed by atoms with E-state index < -0.39 is 10.0 Å². The molecule has 0 atom stereocenters.